The van der Waals surface area contributed by atoms with Crippen LogP contribution in [0.25, 0.3) is 0 Å². The lowest BCUT2D eigenvalue weighted by Crippen LogP contribution is -2.11. The number of nitrogens with one attached hydrogen (secondary N) is 2. The van der Waals surface area contributed by atoms with Crippen LogP contribution < -0.4 is 15.5 Å². The summed E-state index contributed by atoms with van der Waals surface area (Å²) >= 11 is 1.65. The molecule has 27 heavy (non-hydrogen) atoms. The summed E-state index contributed by atoms with van der Waals surface area (Å²) in [6.07, 6.45) is 3.71. The van der Waals surface area contributed by atoms with Gasteiger partial charge >= 0.3 is 0 Å². The molecule has 1 aromatic heterocycles. The number of hydrogen-bond donors (Lipinski definition) is 2. The van der Waals surface area contributed by atoms with E-state index in [1.807, 2.05) is 79.8 Å². The maximum atomic E-state index is 12.3. The highest BCUT2D eigenvalue weighted by Gasteiger charge is 2.06. The van der Waals surface area contributed by atoms with E-state index >= 15 is 0 Å². The second-order valence-corrected chi connectivity index (χ2v) is 6.96. The number of thioether (sulfide) groups is 1. The van der Waals surface area contributed by atoms with Gasteiger partial charge in [0, 0.05) is 42.0 Å². The van der Waals surface area contributed by atoms with Crippen LogP contribution in [0.4, 0.5) is 22.9 Å². The lowest BCUT2D eigenvalue weighted by molar-refractivity contribution is 0.102. The molecule has 6 nitrogen and oxygen atoms in total. The second kappa shape index (κ2) is 8.55. The predicted octanol–water partition coefficient (Wildman–Crippen LogP) is 4.26. The number of carbonyl (C=O) groups is 1. The highest BCUT2D eigenvalue weighted by molar-refractivity contribution is 7.98. The summed E-state index contributed by atoms with van der Waals surface area (Å²) in [6.45, 7) is 0. The SMILES string of the molecule is CSc1ccc(C(=O)Nc2ccc(Nc3cc(N(C)C)cnn3)cc2)cc1. The van der Waals surface area contributed by atoms with Crippen molar-refractivity contribution in [2.75, 3.05) is 35.9 Å². The highest BCUT2D eigenvalue weighted by Crippen LogP contribution is 2.21. The third kappa shape index (κ3) is 4.98. The van der Waals surface area contributed by atoms with Crippen LogP contribution in [0.3, 0.4) is 0 Å². The summed E-state index contributed by atoms with van der Waals surface area (Å²) in [7, 11) is 3.90. The van der Waals surface area contributed by atoms with E-state index in [9.17, 15) is 4.79 Å². The minimum atomic E-state index is -0.132. The standard InChI is InChI=1S/C20H21N5OS/c1-25(2)17-12-19(24-21-13-17)22-15-6-8-16(9-7-15)23-20(26)14-4-10-18(27-3)11-5-14/h4-13H,1-3H3,(H,22,24)(H,23,26). The van der Waals surface area contributed by atoms with Gasteiger partial charge in [-0.1, -0.05) is 0 Å². The third-order valence-corrected chi connectivity index (χ3v) is 4.67. The van der Waals surface area contributed by atoms with Crippen LogP contribution in [0, 0.1) is 0 Å². The van der Waals surface area contributed by atoms with Crippen molar-refractivity contribution >= 4 is 40.5 Å². The van der Waals surface area contributed by atoms with Crippen LogP contribution in [0.15, 0.2) is 65.7 Å². The molecule has 7 heteroatoms. The van der Waals surface area contributed by atoms with E-state index in [1.165, 1.54) is 0 Å². The predicted molar refractivity (Wildman–Crippen MR) is 112 cm³/mol. The van der Waals surface area contributed by atoms with Crippen LogP contribution in [-0.4, -0.2) is 36.5 Å². The van der Waals surface area contributed by atoms with Gasteiger partial charge in [0.1, 0.15) is 0 Å². The Kier molecular flexibility index (Phi) is 5.93. The van der Waals surface area contributed by atoms with Crippen molar-refractivity contribution in [2.45, 2.75) is 4.90 Å². The first kappa shape index (κ1) is 18.7. The van der Waals surface area contributed by atoms with Gasteiger partial charge in [0.2, 0.25) is 0 Å². The molecule has 0 fully saturated rings. The van der Waals surface area contributed by atoms with Crippen LogP contribution in [0.5, 0.6) is 0 Å². The molecule has 0 radical (unpaired) electrons. The Labute approximate surface area is 163 Å². The molecule has 0 unspecified atom stereocenters. The molecule has 1 amide bonds. The molecule has 0 spiro atoms. The molecule has 138 valence electrons. The first-order valence-corrected chi connectivity index (χ1v) is 9.60. The Hall–Kier alpha value is -3.06. The molecule has 0 saturated carbocycles. The third-order valence-electron chi connectivity index (χ3n) is 3.92. The summed E-state index contributed by atoms with van der Waals surface area (Å²) in [5, 5.41) is 14.2. The van der Waals surface area contributed by atoms with Crippen molar-refractivity contribution in [3.05, 3.63) is 66.4 Å². The molecule has 0 aliphatic carbocycles. The number of nitrogens with zero attached hydrogens (tertiary/aromatic N) is 3. The van der Waals surface area contributed by atoms with E-state index in [0.29, 0.717) is 11.4 Å². The van der Waals surface area contributed by atoms with Crippen molar-refractivity contribution in [3.8, 4) is 0 Å². The topological polar surface area (TPSA) is 70.2 Å². The minimum Gasteiger partial charge on any atom is -0.376 e. The fourth-order valence-corrected chi connectivity index (χ4v) is 2.80. The van der Waals surface area contributed by atoms with Crippen molar-refractivity contribution in [2.24, 2.45) is 0 Å². The average molecular weight is 379 g/mol. The van der Waals surface area contributed by atoms with Crippen LogP contribution >= 0.6 is 11.8 Å². The first-order valence-electron chi connectivity index (χ1n) is 8.38. The zero-order valence-corrected chi connectivity index (χ0v) is 16.2. The molecule has 2 aromatic carbocycles. The summed E-state index contributed by atoms with van der Waals surface area (Å²) in [5.41, 5.74) is 3.18. The van der Waals surface area contributed by atoms with Crippen molar-refractivity contribution in [3.63, 3.8) is 0 Å². The maximum absolute atomic E-state index is 12.3. The average Bonchev–Trinajstić information content (AvgIpc) is 2.69. The fraction of sp³-hybridized carbons (Fsp3) is 0.150. The van der Waals surface area contributed by atoms with E-state index in [0.717, 1.165) is 22.0 Å². The molecule has 0 atom stereocenters. The van der Waals surface area contributed by atoms with Crippen LogP contribution in [-0.2, 0) is 0 Å². The maximum Gasteiger partial charge on any atom is 0.255 e. The van der Waals surface area contributed by atoms with Gasteiger partial charge in [-0.05, 0) is 54.8 Å². The first-order chi connectivity index (χ1) is 13.0. The van der Waals surface area contributed by atoms with E-state index in [2.05, 4.69) is 20.8 Å². The van der Waals surface area contributed by atoms with Gasteiger partial charge in [0.15, 0.2) is 5.82 Å². The Morgan fingerprint density at radius 3 is 2.30 bits per heavy atom. The number of rotatable bonds is 6. The molecule has 3 aromatic rings. The number of carbonyl (C=O) groups excluding carboxylic acids is 1. The smallest absolute Gasteiger partial charge is 0.255 e. The largest absolute Gasteiger partial charge is 0.376 e. The summed E-state index contributed by atoms with van der Waals surface area (Å²) in [4.78, 5) is 15.4. The summed E-state index contributed by atoms with van der Waals surface area (Å²) in [6, 6.07) is 16.9. The monoisotopic (exact) mass is 379 g/mol. The Morgan fingerprint density at radius 1 is 1.00 bits per heavy atom. The lowest BCUT2D eigenvalue weighted by Gasteiger charge is -2.13. The zero-order chi connectivity index (χ0) is 19.2. The van der Waals surface area contributed by atoms with E-state index in [-0.39, 0.29) is 5.91 Å². The van der Waals surface area contributed by atoms with Crippen LogP contribution in [0.1, 0.15) is 10.4 Å². The zero-order valence-electron chi connectivity index (χ0n) is 15.4. The van der Waals surface area contributed by atoms with Gasteiger partial charge in [-0.2, -0.15) is 5.10 Å². The molecule has 0 aliphatic heterocycles. The molecule has 0 saturated heterocycles. The Morgan fingerprint density at radius 2 is 1.67 bits per heavy atom. The lowest BCUT2D eigenvalue weighted by atomic mass is 10.2. The molecule has 0 aliphatic rings. The molecular weight excluding hydrogens is 358 g/mol. The number of amides is 1. The summed E-state index contributed by atoms with van der Waals surface area (Å²) < 4.78 is 0. The van der Waals surface area contributed by atoms with Gasteiger partial charge in [0.25, 0.3) is 5.91 Å². The van der Waals surface area contributed by atoms with Gasteiger partial charge in [-0.15, -0.1) is 16.9 Å². The Balaban J connectivity index is 1.64. The van der Waals surface area contributed by atoms with Crippen molar-refractivity contribution in [1.82, 2.24) is 10.2 Å². The Bertz CT molecular complexity index is 910. The van der Waals surface area contributed by atoms with Gasteiger partial charge in [0.05, 0.1) is 11.9 Å². The quantitative estimate of drug-likeness (QED) is 0.624. The van der Waals surface area contributed by atoms with Gasteiger partial charge in [-0.25, -0.2) is 0 Å². The fourth-order valence-electron chi connectivity index (χ4n) is 2.39. The van der Waals surface area contributed by atoms with E-state index in [1.54, 1.807) is 18.0 Å². The summed E-state index contributed by atoms with van der Waals surface area (Å²) in [5.74, 6) is 0.528. The normalized spacial score (nSPS) is 10.3. The number of aromatic nitrogens is 2. The van der Waals surface area contributed by atoms with Gasteiger partial charge in [-0.3, -0.25) is 4.79 Å². The minimum absolute atomic E-state index is 0.132. The molecule has 3 rings (SSSR count). The van der Waals surface area contributed by atoms with Crippen molar-refractivity contribution in [1.29, 1.82) is 0 Å². The molecule has 1 heterocycles. The molecular formula is C20H21N5OS. The van der Waals surface area contributed by atoms with E-state index < -0.39 is 0 Å². The molecule has 0 bridgehead atoms. The highest BCUT2D eigenvalue weighted by atomic mass is 32.2. The van der Waals surface area contributed by atoms with Crippen molar-refractivity contribution < 1.29 is 4.79 Å². The van der Waals surface area contributed by atoms with Crippen LogP contribution in [0.2, 0.25) is 0 Å². The number of benzene rings is 2. The number of hydrogen-bond acceptors (Lipinski definition) is 6. The molecule has 2 N–H and O–H groups in total. The second-order valence-electron chi connectivity index (χ2n) is 6.08. The van der Waals surface area contributed by atoms with E-state index in [4.69, 9.17) is 0 Å². The van der Waals surface area contributed by atoms with Gasteiger partial charge < -0.3 is 15.5 Å². The number of anilines is 4.